The van der Waals surface area contributed by atoms with Gasteiger partial charge in [-0.2, -0.15) is 0 Å². The first kappa shape index (κ1) is 15.3. The number of carbonyl (C=O) groups excluding carboxylic acids is 2. The van der Waals surface area contributed by atoms with Crippen molar-refractivity contribution in [2.45, 2.75) is 18.9 Å². The lowest BCUT2D eigenvalue weighted by molar-refractivity contribution is -0.124. The molecule has 114 valence electrons. The van der Waals surface area contributed by atoms with Gasteiger partial charge in [0.05, 0.1) is 18.8 Å². The maximum Gasteiger partial charge on any atom is 0.338 e. The number of carbonyl (C=O) groups is 2. The molecule has 1 fully saturated rings. The Hall–Kier alpha value is -2.08. The summed E-state index contributed by atoms with van der Waals surface area (Å²) in [6.07, 6.45) is 2.05. The first-order valence-corrected chi connectivity index (χ1v) is 6.88. The fourth-order valence-electron chi connectivity index (χ4n) is 2.03. The number of hydrogen-bond acceptors (Lipinski definition) is 5. The van der Waals surface area contributed by atoms with E-state index in [1.54, 1.807) is 31.4 Å². The second kappa shape index (κ2) is 7.64. The van der Waals surface area contributed by atoms with Crippen LogP contribution in [0, 0.1) is 0 Å². The Morgan fingerprint density at radius 2 is 2.10 bits per heavy atom. The van der Waals surface area contributed by atoms with Crippen molar-refractivity contribution < 1.29 is 23.8 Å². The fraction of sp³-hybridized carbons (Fsp3) is 0.467. The molecule has 1 aromatic rings. The Kier molecular flexibility index (Phi) is 5.57. The van der Waals surface area contributed by atoms with Gasteiger partial charge in [0.25, 0.3) is 5.91 Å². The van der Waals surface area contributed by atoms with Crippen LogP contribution in [0.15, 0.2) is 24.3 Å². The fourth-order valence-corrected chi connectivity index (χ4v) is 2.03. The smallest absolute Gasteiger partial charge is 0.338 e. The van der Waals surface area contributed by atoms with E-state index >= 15 is 0 Å². The van der Waals surface area contributed by atoms with E-state index in [4.69, 9.17) is 14.2 Å². The lowest BCUT2D eigenvalue weighted by atomic mass is 10.2. The molecule has 1 aliphatic heterocycles. The number of hydrogen-bond donors (Lipinski definition) is 1. The van der Waals surface area contributed by atoms with Gasteiger partial charge < -0.3 is 19.5 Å². The van der Waals surface area contributed by atoms with E-state index in [-0.39, 0.29) is 18.6 Å². The number of methoxy groups -OCH3 is 1. The highest BCUT2D eigenvalue weighted by Crippen LogP contribution is 2.12. The third kappa shape index (κ3) is 4.75. The predicted molar refractivity (Wildman–Crippen MR) is 75.3 cm³/mol. The highest BCUT2D eigenvalue weighted by atomic mass is 16.5. The molecular weight excluding hydrogens is 274 g/mol. The van der Waals surface area contributed by atoms with Crippen LogP contribution < -0.4 is 10.1 Å². The zero-order valence-electron chi connectivity index (χ0n) is 12.0. The molecule has 0 unspecified atom stereocenters. The summed E-state index contributed by atoms with van der Waals surface area (Å²) in [6, 6.07) is 6.50. The van der Waals surface area contributed by atoms with Gasteiger partial charge in [0.15, 0.2) is 6.61 Å². The molecule has 1 aromatic carbocycles. The molecule has 0 aliphatic carbocycles. The Morgan fingerprint density at radius 3 is 2.71 bits per heavy atom. The first-order valence-electron chi connectivity index (χ1n) is 6.88. The van der Waals surface area contributed by atoms with Gasteiger partial charge in [-0.1, -0.05) is 0 Å². The molecule has 1 aliphatic rings. The van der Waals surface area contributed by atoms with E-state index in [1.165, 1.54) is 0 Å². The van der Waals surface area contributed by atoms with E-state index in [2.05, 4.69) is 5.32 Å². The Morgan fingerprint density at radius 1 is 1.33 bits per heavy atom. The largest absolute Gasteiger partial charge is 0.497 e. The number of rotatable bonds is 6. The van der Waals surface area contributed by atoms with E-state index in [9.17, 15) is 9.59 Å². The second-order valence-corrected chi connectivity index (χ2v) is 4.74. The van der Waals surface area contributed by atoms with Crippen molar-refractivity contribution >= 4 is 11.9 Å². The molecule has 1 saturated heterocycles. The molecule has 0 spiro atoms. The van der Waals surface area contributed by atoms with Crippen LogP contribution in [0.3, 0.4) is 0 Å². The van der Waals surface area contributed by atoms with Crippen molar-refractivity contribution in [3.05, 3.63) is 29.8 Å². The summed E-state index contributed by atoms with van der Waals surface area (Å²) in [7, 11) is 1.55. The van der Waals surface area contributed by atoms with E-state index in [0.717, 1.165) is 19.4 Å². The van der Waals surface area contributed by atoms with Gasteiger partial charge in [-0.25, -0.2) is 4.79 Å². The minimum atomic E-state index is -0.537. The Bertz CT molecular complexity index is 479. The van der Waals surface area contributed by atoms with Gasteiger partial charge in [0.2, 0.25) is 0 Å². The predicted octanol–water partition coefficient (Wildman–Crippen LogP) is 1.15. The quantitative estimate of drug-likeness (QED) is 0.796. The number of benzene rings is 1. The standard InChI is InChI=1S/C15H19NO5/c1-19-12-6-4-11(5-7-12)15(18)21-10-14(17)16-9-13-3-2-8-20-13/h4-7,13H,2-3,8-10H2,1H3,(H,16,17)/t13-/m1/s1. The van der Waals surface area contributed by atoms with E-state index in [1.807, 2.05) is 0 Å². The monoisotopic (exact) mass is 293 g/mol. The second-order valence-electron chi connectivity index (χ2n) is 4.74. The molecule has 6 nitrogen and oxygen atoms in total. The molecule has 2 rings (SSSR count). The summed E-state index contributed by atoms with van der Waals surface area (Å²) in [5.74, 6) is -0.210. The van der Waals surface area contributed by atoms with Crippen LogP contribution in [0.2, 0.25) is 0 Å². The molecule has 0 bridgehead atoms. The van der Waals surface area contributed by atoms with Crippen molar-refractivity contribution in [3.63, 3.8) is 0 Å². The lowest BCUT2D eigenvalue weighted by Gasteiger charge is -2.11. The van der Waals surface area contributed by atoms with Gasteiger partial charge in [-0.15, -0.1) is 0 Å². The van der Waals surface area contributed by atoms with Crippen molar-refractivity contribution in [1.29, 1.82) is 0 Å². The number of ether oxygens (including phenoxy) is 3. The van der Waals surface area contributed by atoms with Crippen molar-refractivity contribution in [3.8, 4) is 5.75 Å². The zero-order chi connectivity index (χ0) is 15.1. The minimum absolute atomic E-state index is 0.0752. The van der Waals surface area contributed by atoms with Gasteiger partial charge in [0, 0.05) is 13.2 Å². The Labute approximate surface area is 123 Å². The van der Waals surface area contributed by atoms with Crippen LogP contribution in [-0.2, 0) is 14.3 Å². The lowest BCUT2D eigenvalue weighted by Crippen LogP contribution is -2.34. The Balaban J connectivity index is 1.70. The highest BCUT2D eigenvalue weighted by molar-refractivity contribution is 5.91. The van der Waals surface area contributed by atoms with Gasteiger partial charge in [-0.05, 0) is 37.1 Å². The summed E-state index contributed by atoms with van der Waals surface area (Å²) in [5, 5.41) is 2.69. The highest BCUT2D eigenvalue weighted by Gasteiger charge is 2.16. The minimum Gasteiger partial charge on any atom is -0.497 e. The summed E-state index contributed by atoms with van der Waals surface area (Å²) in [4.78, 5) is 23.3. The van der Waals surface area contributed by atoms with Crippen LogP contribution in [0.4, 0.5) is 0 Å². The molecular formula is C15H19NO5. The summed E-state index contributed by atoms with van der Waals surface area (Å²) >= 11 is 0. The maximum atomic E-state index is 11.7. The third-order valence-electron chi connectivity index (χ3n) is 3.21. The zero-order valence-corrected chi connectivity index (χ0v) is 12.0. The van der Waals surface area contributed by atoms with Crippen LogP contribution in [-0.4, -0.2) is 44.8 Å². The van der Waals surface area contributed by atoms with Crippen LogP contribution in [0.25, 0.3) is 0 Å². The molecule has 0 aromatic heterocycles. The van der Waals surface area contributed by atoms with Crippen molar-refractivity contribution in [2.24, 2.45) is 0 Å². The normalized spacial score (nSPS) is 17.3. The van der Waals surface area contributed by atoms with Gasteiger partial charge in [-0.3, -0.25) is 4.79 Å². The van der Waals surface area contributed by atoms with Crippen molar-refractivity contribution in [2.75, 3.05) is 26.9 Å². The van der Waals surface area contributed by atoms with Gasteiger partial charge >= 0.3 is 5.97 Å². The average molecular weight is 293 g/mol. The molecule has 6 heteroatoms. The number of amides is 1. The first-order chi connectivity index (χ1) is 10.2. The molecule has 1 atom stereocenters. The van der Waals surface area contributed by atoms with Crippen molar-refractivity contribution in [1.82, 2.24) is 5.32 Å². The topological polar surface area (TPSA) is 73.9 Å². The molecule has 0 saturated carbocycles. The summed E-state index contributed by atoms with van der Waals surface area (Å²) in [6.45, 7) is 0.906. The molecule has 0 radical (unpaired) electrons. The number of nitrogens with one attached hydrogen (secondary N) is 1. The van der Waals surface area contributed by atoms with Crippen LogP contribution in [0.5, 0.6) is 5.75 Å². The van der Waals surface area contributed by atoms with Crippen LogP contribution in [0.1, 0.15) is 23.2 Å². The SMILES string of the molecule is COc1ccc(C(=O)OCC(=O)NC[C@H]2CCCO2)cc1. The maximum absolute atomic E-state index is 11.7. The van der Waals surface area contributed by atoms with Gasteiger partial charge in [0.1, 0.15) is 5.75 Å². The van der Waals surface area contributed by atoms with Crippen LogP contribution >= 0.6 is 0 Å². The summed E-state index contributed by atoms with van der Waals surface area (Å²) < 4.78 is 15.3. The molecule has 1 heterocycles. The molecule has 21 heavy (non-hydrogen) atoms. The van der Waals surface area contributed by atoms with E-state index < -0.39 is 5.97 Å². The van der Waals surface area contributed by atoms with E-state index in [0.29, 0.717) is 17.9 Å². The average Bonchev–Trinajstić information content (AvgIpc) is 3.04. The molecule has 1 amide bonds. The number of esters is 1. The third-order valence-corrected chi connectivity index (χ3v) is 3.21. The summed E-state index contributed by atoms with van der Waals surface area (Å²) in [5.41, 5.74) is 0.378. The molecule has 1 N–H and O–H groups in total.